The predicted octanol–water partition coefficient (Wildman–Crippen LogP) is 2.65. The van der Waals surface area contributed by atoms with Crippen LogP contribution in [0, 0.1) is 15.9 Å². The van der Waals surface area contributed by atoms with E-state index in [9.17, 15) is 19.6 Å². The fourth-order valence-corrected chi connectivity index (χ4v) is 2.16. The number of hydrogen-bond acceptors (Lipinski definition) is 4. The molecule has 1 heterocycles. The molecule has 0 radical (unpaired) electrons. The van der Waals surface area contributed by atoms with Crippen molar-refractivity contribution in [3.63, 3.8) is 0 Å². The summed E-state index contributed by atoms with van der Waals surface area (Å²) in [5.74, 6) is -1.29. The first-order valence-electron chi connectivity index (χ1n) is 3.64. The van der Waals surface area contributed by atoms with Gasteiger partial charge in [0.2, 0.25) is 5.82 Å². The normalized spacial score (nSPS) is 10.6. The Morgan fingerprint density at radius 2 is 2.29 bits per heavy atom. The van der Waals surface area contributed by atoms with E-state index in [0.29, 0.717) is 5.39 Å². The van der Waals surface area contributed by atoms with Gasteiger partial charge in [-0.05, 0) is 11.4 Å². The first-order valence-corrected chi connectivity index (χ1v) is 4.52. The molecule has 0 aliphatic rings. The molecular weight excluding hydrogens is 209 g/mol. The lowest BCUT2D eigenvalue weighted by atomic mass is 10.2. The molecule has 0 amide bonds. The summed E-state index contributed by atoms with van der Waals surface area (Å²) in [6.07, 6.45) is 0. The summed E-state index contributed by atoms with van der Waals surface area (Å²) in [5, 5.41) is 21.7. The maximum Gasteiger partial charge on any atom is 0.322 e. The Labute approximate surface area is 81.4 Å². The van der Waals surface area contributed by atoms with Crippen LogP contribution >= 0.6 is 11.3 Å². The van der Waals surface area contributed by atoms with E-state index in [-0.39, 0.29) is 10.4 Å². The van der Waals surface area contributed by atoms with Crippen molar-refractivity contribution in [3.05, 3.63) is 33.4 Å². The summed E-state index contributed by atoms with van der Waals surface area (Å²) < 4.78 is 13.3. The van der Waals surface area contributed by atoms with E-state index in [2.05, 4.69) is 0 Å². The summed E-state index contributed by atoms with van der Waals surface area (Å²) in [4.78, 5) is 9.75. The van der Waals surface area contributed by atoms with Crippen LogP contribution in [0.15, 0.2) is 17.5 Å². The van der Waals surface area contributed by atoms with Crippen molar-refractivity contribution >= 4 is 27.1 Å². The largest absolute Gasteiger partial charge is 0.507 e. The van der Waals surface area contributed by atoms with E-state index in [1.165, 1.54) is 6.07 Å². The lowest BCUT2D eigenvalue weighted by Crippen LogP contribution is -1.92. The van der Waals surface area contributed by atoms with E-state index in [1.807, 2.05) is 0 Å². The Morgan fingerprint density at radius 3 is 2.93 bits per heavy atom. The van der Waals surface area contributed by atoms with Gasteiger partial charge in [-0.15, -0.1) is 11.3 Å². The smallest absolute Gasteiger partial charge is 0.322 e. The van der Waals surface area contributed by atoms with Crippen LogP contribution in [0.4, 0.5) is 10.1 Å². The van der Waals surface area contributed by atoms with Crippen LogP contribution in [0.5, 0.6) is 5.75 Å². The second-order valence-electron chi connectivity index (χ2n) is 2.65. The van der Waals surface area contributed by atoms with Gasteiger partial charge in [-0.2, -0.15) is 4.39 Å². The second-order valence-corrected chi connectivity index (χ2v) is 3.56. The summed E-state index contributed by atoms with van der Waals surface area (Å²) >= 11 is 1.03. The number of benzene rings is 1. The standard InChI is InChI=1S/C8H4FNO3S/c9-5-3-6(11)4-1-2-14-8(4)7(5)10(12)13/h1-3,11H. The van der Waals surface area contributed by atoms with Gasteiger partial charge in [0, 0.05) is 11.5 Å². The lowest BCUT2D eigenvalue weighted by Gasteiger charge is -1.97. The molecule has 1 N–H and O–H groups in total. The third kappa shape index (κ3) is 1.12. The molecule has 0 aliphatic heterocycles. The van der Waals surface area contributed by atoms with E-state index < -0.39 is 16.4 Å². The number of nitro groups is 1. The van der Waals surface area contributed by atoms with Gasteiger partial charge >= 0.3 is 5.69 Å². The molecular formula is C8H4FNO3S. The van der Waals surface area contributed by atoms with Gasteiger partial charge in [-0.25, -0.2) is 0 Å². The molecule has 0 aliphatic carbocycles. The highest BCUT2D eigenvalue weighted by atomic mass is 32.1. The Hall–Kier alpha value is -1.69. The number of hydrogen-bond donors (Lipinski definition) is 1. The molecule has 0 unspecified atom stereocenters. The van der Waals surface area contributed by atoms with E-state index in [1.54, 1.807) is 5.38 Å². The van der Waals surface area contributed by atoms with Crippen LogP contribution in [0.1, 0.15) is 0 Å². The van der Waals surface area contributed by atoms with Crippen molar-refractivity contribution < 1.29 is 14.4 Å². The molecule has 72 valence electrons. The zero-order valence-corrected chi connectivity index (χ0v) is 7.55. The molecule has 1 aromatic heterocycles. The van der Waals surface area contributed by atoms with Crippen LogP contribution < -0.4 is 0 Å². The fraction of sp³-hybridized carbons (Fsp3) is 0. The molecule has 1 aromatic carbocycles. The monoisotopic (exact) mass is 213 g/mol. The van der Waals surface area contributed by atoms with Crippen LogP contribution in [0.2, 0.25) is 0 Å². The van der Waals surface area contributed by atoms with Crippen molar-refractivity contribution in [2.45, 2.75) is 0 Å². The number of thiophene rings is 1. The molecule has 2 aromatic rings. The first kappa shape index (κ1) is 8.89. The number of phenolic OH excluding ortho intramolecular Hbond substituents is 1. The van der Waals surface area contributed by atoms with Crippen molar-refractivity contribution in [2.75, 3.05) is 0 Å². The average molecular weight is 213 g/mol. The van der Waals surface area contributed by atoms with Crippen molar-refractivity contribution in [1.82, 2.24) is 0 Å². The highest BCUT2D eigenvalue weighted by Gasteiger charge is 2.22. The quantitative estimate of drug-likeness (QED) is 0.585. The summed E-state index contributed by atoms with van der Waals surface area (Å²) in [6.45, 7) is 0. The summed E-state index contributed by atoms with van der Waals surface area (Å²) in [5.41, 5.74) is -0.576. The van der Waals surface area contributed by atoms with Crippen LogP contribution in [-0.2, 0) is 0 Å². The molecule has 0 saturated heterocycles. The Kier molecular flexibility index (Phi) is 1.85. The molecule has 14 heavy (non-hydrogen) atoms. The predicted molar refractivity (Wildman–Crippen MR) is 50.1 cm³/mol. The number of aromatic hydroxyl groups is 1. The molecule has 0 atom stereocenters. The molecule has 0 spiro atoms. The summed E-state index contributed by atoms with van der Waals surface area (Å²) in [7, 11) is 0. The van der Waals surface area contributed by atoms with E-state index in [4.69, 9.17) is 0 Å². The topological polar surface area (TPSA) is 63.4 Å². The third-order valence-corrected chi connectivity index (χ3v) is 2.75. The van der Waals surface area contributed by atoms with Crippen LogP contribution in [-0.4, -0.2) is 10.0 Å². The maximum absolute atomic E-state index is 13.1. The molecule has 0 bridgehead atoms. The van der Waals surface area contributed by atoms with Gasteiger partial charge in [0.15, 0.2) is 0 Å². The second kappa shape index (κ2) is 2.91. The van der Waals surface area contributed by atoms with Crippen molar-refractivity contribution in [2.24, 2.45) is 0 Å². The zero-order valence-electron chi connectivity index (χ0n) is 6.73. The van der Waals surface area contributed by atoms with Gasteiger partial charge in [0.25, 0.3) is 0 Å². The number of halogens is 1. The fourth-order valence-electron chi connectivity index (χ4n) is 1.24. The van der Waals surface area contributed by atoms with Crippen LogP contribution in [0.3, 0.4) is 0 Å². The lowest BCUT2D eigenvalue weighted by molar-refractivity contribution is -0.385. The molecule has 0 fully saturated rings. The first-order chi connectivity index (χ1) is 6.61. The SMILES string of the molecule is O=[N+]([O-])c1c(F)cc(O)c2ccsc12. The minimum Gasteiger partial charge on any atom is -0.507 e. The average Bonchev–Trinajstić information content (AvgIpc) is 2.51. The highest BCUT2D eigenvalue weighted by molar-refractivity contribution is 7.17. The number of phenols is 1. The van der Waals surface area contributed by atoms with E-state index >= 15 is 0 Å². The zero-order chi connectivity index (χ0) is 10.3. The number of nitro benzene ring substituents is 1. The van der Waals surface area contributed by atoms with Crippen molar-refractivity contribution in [3.8, 4) is 5.75 Å². The molecule has 2 rings (SSSR count). The molecule has 6 heteroatoms. The minimum atomic E-state index is -1.01. The van der Waals surface area contributed by atoms with Gasteiger partial charge in [0.1, 0.15) is 10.4 Å². The number of fused-ring (bicyclic) bond motifs is 1. The van der Waals surface area contributed by atoms with Crippen molar-refractivity contribution in [1.29, 1.82) is 0 Å². The molecule has 4 nitrogen and oxygen atoms in total. The third-order valence-electron chi connectivity index (χ3n) is 1.83. The minimum absolute atomic E-state index is 0.160. The van der Waals surface area contributed by atoms with Gasteiger partial charge in [-0.3, -0.25) is 10.1 Å². The van der Waals surface area contributed by atoms with Gasteiger partial charge in [0.05, 0.1) is 4.92 Å². The van der Waals surface area contributed by atoms with E-state index in [0.717, 1.165) is 17.4 Å². The maximum atomic E-state index is 13.1. The summed E-state index contributed by atoms with van der Waals surface area (Å²) in [6, 6.07) is 2.27. The Balaban J connectivity index is 2.93. The molecule has 0 saturated carbocycles. The van der Waals surface area contributed by atoms with Crippen LogP contribution in [0.25, 0.3) is 10.1 Å². The van der Waals surface area contributed by atoms with Gasteiger partial charge < -0.3 is 5.11 Å². The number of rotatable bonds is 1. The number of nitrogens with zero attached hydrogens (tertiary/aromatic N) is 1. The highest BCUT2D eigenvalue weighted by Crippen LogP contribution is 2.38. The van der Waals surface area contributed by atoms with Gasteiger partial charge in [-0.1, -0.05) is 0 Å². The Bertz CT molecular complexity index is 523. The Morgan fingerprint density at radius 1 is 1.57 bits per heavy atom.